The van der Waals surface area contributed by atoms with Gasteiger partial charge in [-0.25, -0.2) is 9.59 Å². The largest absolute Gasteiger partial charge is 0.475 e. The lowest BCUT2D eigenvalue weighted by Gasteiger charge is -2.33. The fraction of sp³-hybridized carbons (Fsp3) is 0.304. The monoisotopic (exact) mass is 377 g/mol. The first kappa shape index (κ1) is 18.3. The summed E-state index contributed by atoms with van der Waals surface area (Å²) in [6, 6.07) is 13.1. The molecule has 5 nitrogen and oxygen atoms in total. The normalized spacial score (nSPS) is 13.8. The number of nitrogens with zero attached hydrogens (tertiary/aromatic N) is 1. The van der Waals surface area contributed by atoms with Gasteiger partial charge >= 0.3 is 11.6 Å². The molecule has 0 bridgehead atoms. The van der Waals surface area contributed by atoms with Crippen LogP contribution >= 0.6 is 0 Å². The van der Waals surface area contributed by atoms with E-state index in [0.717, 1.165) is 31.5 Å². The molecule has 3 aromatic rings. The smallest absolute Gasteiger partial charge is 0.372 e. The van der Waals surface area contributed by atoms with Crippen LogP contribution in [-0.2, 0) is 6.42 Å². The second kappa shape index (κ2) is 7.15. The van der Waals surface area contributed by atoms with E-state index >= 15 is 0 Å². The van der Waals surface area contributed by atoms with Gasteiger partial charge in [0.2, 0.25) is 5.76 Å². The van der Waals surface area contributed by atoms with Gasteiger partial charge in [0, 0.05) is 29.7 Å². The Balaban J connectivity index is 1.92. The molecule has 0 unspecified atom stereocenters. The highest BCUT2D eigenvalue weighted by Crippen LogP contribution is 2.36. The zero-order chi connectivity index (χ0) is 19.8. The van der Waals surface area contributed by atoms with Crippen molar-refractivity contribution in [3.8, 4) is 11.1 Å². The minimum absolute atomic E-state index is 0.307. The number of hydrogen-bond acceptors (Lipinski definition) is 4. The lowest BCUT2D eigenvalue weighted by atomic mass is 9.93. The van der Waals surface area contributed by atoms with Crippen molar-refractivity contribution in [3.05, 3.63) is 64.2 Å². The number of aromatic carboxylic acids is 1. The van der Waals surface area contributed by atoms with E-state index in [1.807, 2.05) is 6.07 Å². The van der Waals surface area contributed by atoms with Crippen molar-refractivity contribution >= 4 is 22.4 Å². The van der Waals surface area contributed by atoms with Crippen LogP contribution in [0.2, 0.25) is 0 Å². The molecule has 0 amide bonds. The molecule has 0 fully saturated rings. The summed E-state index contributed by atoms with van der Waals surface area (Å²) < 4.78 is 5.19. The van der Waals surface area contributed by atoms with Crippen LogP contribution in [0.5, 0.6) is 0 Å². The van der Waals surface area contributed by atoms with Crippen molar-refractivity contribution in [1.29, 1.82) is 0 Å². The van der Waals surface area contributed by atoms with Crippen LogP contribution in [0.15, 0.2) is 51.7 Å². The highest BCUT2D eigenvalue weighted by molar-refractivity contribution is 6.05. The molecule has 0 aliphatic carbocycles. The number of benzene rings is 2. The van der Waals surface area contributed by atoms with Crippen molar-refractivity contribution in [2.24, 2.45) is 5.92 Å². The summed E-state index contributed by atoms with van der Waals surface area (Å²) in [7, 11) is 0. The molecule has 0 atom stereocenters. The van der Waals surface area contributed by atoms with Gasteiger partial charge in [-0.2, -0.15) is 0 Å². The second-order valence-electron chi connectivity index (χ2n) is 7.73. The number of carbonyl (C=O) groups is 1. The number of carboxylic acid groups (broad SMARTS) is 1. The lowest BCUT2D eigenvalue weighted by Crippen LogP contribution is -2.32. The van der Waals surface area contributed by atoms with Crippen LogP contribution in [0.3, 0.4) is 0 Å². The molecule has 0 spiro atoms. The van der Waals surface area contributed by atoms with Gasteiger partial charge in [0.15, 0.2) is 0 Å². The molecule has 28 heavy (non-hydrogen) atoms. The van der Waals surface area contributed by atoms with Gasteiger partial charge < -0.3 is 14.4 Å². The maximum atomic E-state index is 12.2. The van der Waals surface area contributed by atoms with Crippen molar-refractivity contribution in [2.45, 2.75) is 26.7 Å². The average Bonchev–Trinajstić information content (AvgIpc) is 2.67. The maximum absolute atomic E-state index is 12.2. The molecule has 1 N–H and O–H groups in total. The molecule has 5 heteroatoms. The van der Waals surface area contributed by atoms with E-state index in [1.54, 1.807) is 24.3 Å². The molecule has 2 heterocycles. The Hall–Kier alpha value is -3.08. The van der Waals surface area contributed by atoms with Gasteiger partial charge in [-0.3, -0.25) is 0 Å². The Morgan fingerprint density at radius 2 is 1.93 bits per heavy atom. The van der Waals surface area contributed by atoms with E-state index < -0.39 is 11.6 Å². The van der Waals surface area contributed by atoms with Crippen LogP contribution in [-0.4, -0.2) is 24.2 Å². The molecular weight excluding hydrogens is 354 g/mol. The van der Waals surface area contributed by atoms with Gasteiger partial charge in [-0.1, -0.05) is 38.1 Å². The maximum Gasteiger partial charge on any atom is 0.372 e. The van der Waals surface area contributed by atoms with Gasteiger partial charge in [0.25, 0.3) is 0 Å². The number of aryl methyl sites for hydroxylation is 1. The number of anilines is 1. The van der Waals surface area contributed by atoms with Crippen molar-refractivity contribution in [3.63, 3.8) is 0 Å². The van der Waals surface area contributed by atoms with E-state index in [9.17, 15) is 14.7 Å². The summed E-state index contributed by atoms with van der Waals surface area (Å²) in [6.45, 7) is 6.45. The summed E-state index contributed by atoms with van der Waals surface area (Å²) in [6.07, 6.45) is 2.02. The fourth-order valence-corrected chi connectivity index (χ4v) is 4.10. The first-order chi connectivity index (χ1) is 13.5. The molecule has 1 aliphatic rings. The molecule has 1 aliphatic heterocycles. The molecule has 144 valence electrons. The summed E-state index contributed by atoms with van der Waals surface area (Å²) >= 11 is 0. The summed E-state index contributed by atoms with van der Waals surface area (Å²) in [5, 5.41) is 10.6. The summed E-state index contributed by atoms with van der Waals surface area (Å²) in [5.41, 5.74) is 3.02. The average molecular weight is 377 g/mol. The highest BCUT2D eigenvalue weighted by atomic mass is 16.4. The molecule has 2 aromatic carbocycles. The van der Waals surface area contributed by atoms with Crippen LogP contribution in [0.1, 0.15) is 36.4 Å². The lowest BCUT2D eigenvalue weighted by molar-refractivity contribution is 0.0659. The van der Waals surface area contributed by atoms with Gasteiger partial charge in [-0.15, -0.1) is 0 Å². The molecule has 4 rings (SSSR count). The predicted octanol–water partition coefficient (Wildman–Crippen LogP) is 4.57. The van der Waals surface area contributed by atoms with Crippen LogP contribution in [0.25, 0.3) is 21.9 Å². The molecule has 0 saturated heterocycles. The van der Waals surface area contributed by atoms with Crippen LogP contribution < -0.4 is 10.5 Å². The quantitative estimate of drug-likeness (QED) is 0.721. The Morgan fingerprint density at radius 1 is 1.18 bits per heavy atom. The Bertz CT molecular complexity index is 1110. The van der Waals surface area contributed by atoms with E-state index in [1.165, 1.54) is 11.3 Å². The Labute approximate surface area is 163 Å². The predicted molar refractivity (Wildman–Crippen MR) is 110 cm³/mol. The third kappa shape index (κ3) is 3.17. The number of fused-ring (bicyclic) bond motifs is 2. The minimum atomic E-state index is -1.24. The first-order valence-corrected chi connectivity index (χ1v) is 9.63. The third-order valence-corrected chi connectivity index (χ3v) is 5.20. The third-order valence-electron chi connectivity index (χ3n) is 5.20. The molecular formula is C23H23NO4. The molecule has 0 radical (unpaired) electrons. The SMILES string of the molecule is CC(C)CN1CCCc2cc(-c3c(C(=O)O)oc(=O)c4ccccc34)ccc21. The summed E-state index contributed by atoms with van der Waals surface area (Å²) in [4.78, 5) is 26.4. The minimum Gasteiger partial charge on any atom is -0.475 e. The van der Waals surface area contributed by atoms with E-state index in [2.05, 4.69) is 30.9 Å². The van der Waals surface area contributed by atoms with E-state index in [-0.39, 0.29) is 5.76 Å². The van der Waals surface area contributed by atoms with Gasteiger partial charge in [0.1, 0.15) is 0 Å². The number of carboxylic acids is 1. The fourth-order valence-electron chi connectivity index (χ4n) is 4.10. The van der Waals surface area contributed by atoms with E-state index in [4.69, 9.17) is 4.42 Å². The first-order valence-electron chi connectivity index (χ1n) is 9.63. The van der Waals surface area contributed by atoms with Gasteiger partial charge in [0.05, 0.1) is 5.39 Å². The van der Waals surface area contributed by atoms with Crippen molar-refractivity contribution in [2.75, 3.05) is 18.0 Å². The van der Waals surface area contributed by atoms with Crippen molar-refractivity contribution in [1.82, 2.24) is 0 Å². The zero-order valence-corrected chi connectivity index (χ0v) is 16.1. The summed E-state index contributed by atoms with van der Waals surface area (Å²) in [5.74, 6) is -0.980. The number of hydrogen-bond donors (Lipinski definition) is 1. The standard InChI is InChI=1S/C23H23NO4/c1-14(2)13-24-11-5-6-15-12-16(9-10-19(15)24)20-17-7-3-4-8-18(17)23(27)28-21(20)22(25)26/h3-4,7-10,12,14H,5-6,11,13H2,1-2H3,(H,25,26). The Morgan fingerprint density at radius 3 is 2.64 bits per heavy atom. The zero-order valence-electron chi connectivity index (χ0n) is 16.1. The van der Waals surface area contributed by atoms with Crippen LogP contribution in [0.4, 0.5) is 5.69 Å². The van der Waals surface area contributed by atoms with Gasteiger partial charge in [-0.05, 0) is 48.1 Å². The van der Waals surface area contributed by atoms with Crippen LogP contribution in [0, 0.1) is 5.92 Å². The van der Waals surface area contributed by atoms with Crippen molar-refractivity contribution < 1.29 is 14.3 Å². The highest BCUT2D eigenvalue weighted by Gasteiger charge is 2.23. The number of rotatable bonds is 4. The van der Waals surface area contributed by atoms with E-state index in [0.29, 0.717) is 22.3 Å². The molecule has 0 saturated carbocycles. The topological polar surface area (TPSA) is 70.8 Å². The Kier molecular flexibility index (Phi) is 4.67. The second-order valence-corrected chi connectivity index (χ2v) is 7.73. The molecule has 1 aromatic heterocycles.